The number of nitrogens with zero attached hydrogens (tertiary/aromatic N) is 1. The fourth-order valence-corrected chi connectivity index (χ4v) is 2.60. The zero-order valence-electron chi connectivity index (χ0n) is 9.00. The summed E-state index contributed by atoms with van der Waals surface area (Å²) in [5, 5.41) is 1.89. The van der Waals surface area contributed by atoms with Gasteiger partial charge in [0.15, 0.2) is 0 Å². The van der Waals surface area contributed by atoms with E-state index in [0.29, 0.717) is 4.88 Å². The van der Waals surface area contributed by atoms with E-state index >= 15 is 0 Å². The highest BCUT2D eigenvalue weighted by Crippen LogP contribution is 2.29. The summed E-state index contributed by atoms with van der Waals surface area (Å²) in [6, 6.07) is 1.81. The first kappa shape index (κ1) is 11.5. The molecule has 1 aliphatic rings. The van der Waals surface area contributed by atoms with Gasteiger partial charge >= 0.3 is 0 Å². The van der Waals surface area contributed by atoms with Gasteiger partial charge in [0.1, 0.15) is 0 Å². The van der Waals surface area contributed by atoms with Crippen molar-refractivity contribution in [1.82, 2.24) is 4.90 Å². The van der Waals surface area contributed by atoms with Crippen LogP contribution >= 0.6 is 11.3 Å². The van der Waals surface area contributed by atoms with Crippen LogP contribution in [0.4, 0.5) is 8.78 Å². The number of likely N-dealkylation sites (tertiary alicyclic amines) is 1. The van der Waals surface area contributed by atoms with E-state index in [4.69, 9.17) is 0 Å². The first-order chi connectivity index (χ1) is 7.48. The van der Waals surface area contributed by atoms with Crippen molar-refractivity contribution in [2.45, 2.75) is 25.7 Å². The van der Waals surface area contributed by atoms with Crippen LogP contribution in [0.25, 0.3) is 0 Å². The van der Waals surface area contributed by atoms with Crippen LogP contribution in [0, 0.1) is 6.92 Å². The summed E-state index contributed by atoms with van der Waals surface area (Å²) in [7, 11) is 0. The van der Waals surface area contributed by atoms with Gasteiger partial charge in [0.05, 0.1) is 4.88 Å². The highest BCUT2D eigenvalue weighted by molar-refractivity contribution is 7.12. The largest absolute Gasteiger partial charge is 0.338 e. The van der Waals surface area contributed by atoms with Crippen molar-refractivity contribution in [2.75, 3.05) is 13.1 Å². The van der Waals surface area contributed by atoms with Crippen molar-refractivity contribution >= 4 is 17.2 Å². The Morgan fingerprint density at radius 2 is 2.06 bits per heavy atom. The number of hydrogen-bond donors (Lipinski definition) is 0. The molecular weight excluding hydrogens is 232 g/mol. The zero-order chi connectivity index (χ0) is 11.8. The molecule has 2 rings (SSSR count). The highest BCUT2D eigenvalue weighted by atomic mass is 32.1. The van der Waals surface area contributed by atoms with Crippen molar-refractivity contribution in [2.24, 2.45) is 0 Å². The Morgan fingerprint density at radius 3 is 2.56 bits per heavy atom. The lowest BCUT2D eigenvalue weighted by atomic mass is 10.1. The zero-order valence-corrected chi connectivity index (χ0v) is 9.82. The van der Waals surface area contributed by atoms with Crippen molar-refractivity contribution in [3.8, 4) is 0 Å². The number of carbonyl (C=O) groups is 1. The molecule has 5 heteroatoms. The van der Waals surface area contributed by atoms with Crippen LogP contribution < -0.4 is 0 Å². The maximum Gasteiger partial charge on any atom is 0.263 e. The fraction of sp³-hybridized carbons (Fsp3) is 0.545. The van der Waals surface area contributed by atoms with Gasteiger partial charge in [-0.15, -0.1) is 11.3 Å². The lowest BCUT2D eigenvalue weighted by Gasteiger charge is -2.31. The fourth-order valence-electron chi connectivity index (χ4n) is 1.74. The molecule has 1 fully saturated rings. The number of aryl methyl sites for hydroxylation is 1. The molecule has 1 aliphatic heterocycles. The van der Waals surface area contributed by atoms with Crippen LogP contribution in [0.15, 0.2) is 11.4 Å². The Bertz CT molecular complexity index is 392. The summed E-state index contributed by atoms with van der Waals surface area (Å²) in [6.07, 6.45) is -0.438. The molecule has 0 bridgehead atoms. The van der Waals surface area contributed by atoms with Gasteiger partial charge < -0.3 is 4.90 Å². The molecule has 0 unspecified atom stereocenters. The second kappa shape index (κ2) is 4.13. The van der Waals surface area contributed by atoms with Crippen molar-refractivity contribution in [3.63, 3.8) is 0 Å². The van der Waals surface area contributed by atoms with E-state index in [0.717, 1.165) is 5.56 Å². The molecule has 1 amide bonds. The van der Waals surface area contributed by atoms with E-state index in [1.807, 2.05) is 12.3 Å². The minimum absolute atomic E-state index is 0.117. The molecule has 0 aliphatic carbocycles. The second-order valence-corrected chi connectivity index (χ2v) is 5.05. The molecule has 1 aromatic heterocycles. The Hall–Kier alpha value is -0.970. The van der Waals surface area contributed by atoms with Crippen LogP contribution in [0.5, 0.6) is 0 Å². The third kappa shape index (κ3) is 2.40. The van der Waals surface area contributed by atoms with Gasteiger partial charge in [-0.3, -0.25) is 4.79 Å². The summed E-state index contributed by atoms with van der Waals surface area (Å²) >= 11 is 1.37. The van der Waals surface area contributed by atoms with Gasteiger partial charge in [-0.1, -0.05) is 0 Å². The monoisotopic (exact) mass is 245 g/mol. The minimum atomic E-state index is -2.60. The average Bonchev–Trinajstić information content (AvgIpc) is 2.64. The normalized spacial score (nSPS) is 19.8. The lowest BCUT2D eigenvalue weighted by molar-refractivity contribution is -0.0493. The molecule has 0 atom stereocenters. The molecule has 1 saturated heterocycles. The number of halogens is 2. The third-order valence-electron chi connectivity index (χ3n) is 2.72. The van der Waals surface area contributed by atoms with Gasteiger partial charge in [0.2, 0.25) is 0 Å². The summed E-state index contributed by atoms with van der Waals surface area (Å²) < 4.78 is 25.8. The van der Waals surface area contributed by atoms with E-state index in [1.54, 1.807) is 6.07 Å². The summed E-state index contributed by atoms with van der Waals surface area (Å²) in [4.78, 5) is 14.1. The van der Waals surface area contributed by atoms with Gasteiger partial charge in [-0.2, -0.15) is 0 Å². The van der Waals surface area contributed by atoms with E-state index in [-0.39, 0.29) is 31.8 Å². The molecule has 88 valence electrons. The topological polar surface area (TPSA) is 20.3 Å². The van der Waals surface area contributed by atoms with Crippen LogP contribution in [-0.4, -0.2) is 29.8 Å². The van der Waals surface area contributed by atoms with Gasteiger partial charge in [-0.25, -0.2) is 8.78 Å². The lowest BCUT2D eigenvalue weighted by Crippen LogP contribution is -2.42. The van der Waals surface area contributed by atoms with Crippen molar-refractivity contribution < 1.29 is 13.6 Å². The van der Waals surface area contributed by atoms with Crippen LogP contribution in [-0.2, 0) is 0 Å². The smallest absolute Gasteiger partial charge is 0.263 e. The number of carbonyl (C=O) groups excluding carboxylic acids is 1. The van der Waals surface area contributed by atoms with E-state index < -0.39 is 5.92 Å². The Labute approximate surface area is 96.9 Å². The van der Waals surface area contributed by atoms with E-state index in [9.17, 15) is 13.6 Å². The molecule has 2 nitrogen and oxygen atoms in total. The summed E-state index contributed by atoms with van der Waals surface area (Å²) in [6.45, 7) is 2.23. The predicted octanol–water partition coefficient (Wildman–Crippen LogP) is 2.93. The Balaban J connectivity index is 2.02. The molecule has 0 aromatic carbocycles. The minimum Gasteiger partial charge on any atom is -0.338 e. The van der Waals surface area contributed by atoms with Gasteiger partial charge in [-0.05, 0) is 23.9 Å². The number of alkyl halides is 2. The first-order valence-electron chi connectivity index (χ1n) is 5.20. The number of hydrogen-bond acceptors (Lipinski definition) is 2. The van der Waals surface area contributed by atoms with Crippen molar-refractivity contribution in [3.05, 3.63) is 21.9 Å². The Kier molecular flexibility index (Phi) is 2.97. The van der Waals surface area contributed by atoms with Crippen molar-refractivity contribution in [1.29, 1.82) is 0 Å². The number of piperidine rings is 1. The van der Waals surface area contributed by atoms with Crippen LogP contribution in [0.3, 0.4) is 0 Å². The molecule has 0 radical (unpaired) electrons. The number of rotatable bonds is 1. The van der Waals surface area contributed by atoms with Gasteiger partial charge in [0.25, 0.3) is 11.8 Å². The molecule has 0 saturated carbocycles. The maximum absolute atomic E-state index is 12.9. The van der Waals surface area contributed by atoms with Crippen LogP contribution in [0.1, 0.15) is 28.1 Å². The number of amides is 1. The SMILES string of the molecule is Cc1csc(C(=O)N2CCC(F)(F)CC2)c1. The standard InChI is InChI=1S/C11H13F2NOS/c1-8-6-9(16-7-8)10(15)14-4-2-11(12,13)3-5-14/h6-7H,2-5H2,1H3. The van der Waals surface area contributed by atoms with E-state index in [1.165, 1.54) is 16.2 Å². The Morgan fingerprint density at radius 1 is 1.44 bits per heavy atom. The van der Waals surface area contributed by atoms with E-state index in [2.05, 4.69) is 0 Å². The summed E-state index contributed by atoms with van der Waals surface area (Å²) in [5.74, 6) is -2.71. The average molecular weight is 245 g/mol. The summed E-state index contributed by atoms with van der Waals surface area (Å²) in [5.41, 5.74) is 1.04. The molecular formula is C11H13F2NOS. The van der Waals surface area contributed by atoms with Crippen LogP contribution in [0.2, 0.25) is 0 Å². The molecule has 2 heterocycles. The third-order valence-corrected chi connectivity index (χ3v) is 3.76. The quantitative estimate of drug-likeness (QED) is 0.745. The predicted molar refractivity (Wildman–Crippen MR) is 59.1 cm³/mol. The molecule has 0 spiro atoms. The second-order valence-electron chi connectivity index (χ2n) is 4.14. The molecule has 0 N–H and O–H groups in total. The highest BCUT2D eigenvalue weighted by Gasteiger charge is 2.35. The first-order valence-corrected chi connectivity index (χ1v) is 6.08. The van der Waals surface area contributed by atoms with Gasteiger partial charge in [0, 0.05) is 25.9 Å². The number of thiophene rings is 1. The molecule has 16 heavy (non-hydrogen) atoms. The maximum atomic E-state index is 12.9. The molecule has 1 aromatic rings.